The molecule has 0 spiro atoms. The molecule has 20 heavy (non-hydrogen) atoms. The van der Waals surface area contributed by atoms with Crippen LogP contribution in [-0.4, -0.2) is 30.3 Å². The van der Waals surface area contributed by atoms with E-state index in [2.05, 4.69) is 48.3 Å². The summed E-state index contributed by atoms with van der Waals surface area (Å²) in [6.07, 6.45) is 2.84. The molecule has 1 unspecified atom stereocenters. The number of hydrogen-bond donors (Lipinski definition) is 2. The molecule has 0 saturated carbocycles. The van der Waals surface area contributed by atoms with Crippen molar-refractivity contribution in [3.63, 3.8) is 0 Å². The van der Waals surface area contributed by atoms with Gasteiger partial charge in [0.05, 0.1) is 5.60 Å². The van der Waals surface area contributed by atoms with Crippen molar-refractivity contribution in [2.24, 2.45) is 0 Å². The van der Waals surface area contributed by atoms with E-state index in [1.165, 1.54) is 11.3 Å². The first-order valence-corrected chi connectivity index (χ1v) is 7.83. The van der Waals surface area contributed by atoms with Crippen LogP contribution in [0.15, 0.2) is 24.3 Å². The van der Waals surface area contributed by atoms with Crippen molar-refractivity contribution in [3.8, 4) is 0 Å². The average molecular weight is 276 g/mol. The Morgan fingerprint density at radius 1 is 1.30 bits per heavy atom. The van der Waals surface area contributed by atoms with Gasteiger partial charge in [-0.15, -0.1) is 0 Å². The van der Waals surface area contributed by atoms with E-state index < -0.39 is 5.60 Å². The quantitative estimate of drug-likeness (QED) is 0.867. The maximum absolute atomic E-state index is 10.1. The molecule has 1 aliphatic rings. The summed E-state index contributed by atoms with van der Waals surface area (Å²) in [6, 6.07) is 9.02. The van der Waals surface area contributed by atoms with Crippen LogP contribution in [0.5, 0.6) is 0 Å². The van der Waals surface area contributed by atoms with Crippen molar-refractivity contribution in [1.82, 2.24) is 5.32 Å². The summed E-state index contributed by atoms with van der Waals surface area (Å²) in [4.78, 5) is 2.41. The predicted molar refractivity (Wildman–Crippen MR) is 85.2 cm³/mol. The number of aliphatic hydroxyl groups is 1. The highest BCUT2D eigenvalue weighted by molar-refractivity contribution is 5.55. The first-order valence-electron chi connectivity index (χ1n) is 7.83. The largest absolute Gasteiger partial charge is 0.390 e. The molecule has 1 heterocycles. The van der Waals surface area contributed by atoms with Gasteiger partial charge in [0.2, 0.25) is 0 Å². The Bertz CT molecular complexity index is 421. The molecule has 3 heteroatoms. The van der Waals surface area contributed by atoms with Crippen LogP contribution in [0.2, 0.25) is 0 Å². The second-order valence-electron chi connectivity index (χ2n) is 6.22. The number of nitrogens with zero attached hydrogens (tertiary/aromatic N) is 1. The second-order valence-corrected chi connectivity index (χ2v) is 6.22. The normalized spacial score (nSPS) is 19.9. The van der Waals surface area contributed by atoms with Gasteiger partial charge in [0.15, 0.2) is 0 Å². The van der Waals surface area contributed by atoms with Crippen LogP contribution in [0.1, 0.15) is 51.6 Å². The van der Waals surface area contributed by atoms with Crippen molar-refractivity contribution in [1.29, 1.82) is 0 Å². The Kier molecular flexibility index (Phi) is 5.06. The van der Waals surface area contributed by atoms with Crippen LogP contribution in [-0.2, 0) is 0 Å². The third-order valence-corrected chi connectivity index (χ3v) is 4.29. The standard InChI is InChI=1S/C17H28N2O/c1-4-11-18-14(2)15-7-5-6-8-16(15)19-12-9-17(3,20)10-13-19/h5-8,14,18,20H,4,9-13H2,1-3H3. The molecule has 1 aliphatic heterocycles. The molecule has 0 aliphatic carbocycles. The number of piperidine rings is 1. The Labute approximate surface area is 123 Å². The van der Waals surface area contributed by atoms with Gasteiger partial charge < -0.3 is 15.3 Å². The molecule has 2 N–H and O–H groups in total. The number of nitrogens with one attached hydrogen (secondary N) is 1. The first-order chi connectivity index (χ1) is 9.53. The summed E-state index contributed by atoms with van der Waals surface area (Å²) < 4.78 is 0. The van der Waals surface area contributed by atoms with E-state index in [0.717, 1.165) is 38.9 Å². The molecule has 1 aromatic rings. The Balaban J connectivity index is 2.12. The number of anilines is 1. The molecule has 1 aromatic carbocycles. The van der Waals surface area contributed by atoms with Gasteiger partial charge in [-0.1, -0.05) is 25.1 Å². The summed E-state index contributed by atoms with van der Waals surface area (Å²) in [5.41, 5.74) is 2.19. The predicted octanol–water partition coefficient (Wildman–Crippen LogP) is 3.10. The molecule has 1 fully saturated rings. The fourth-order valence-electron chi connectivity index (χ4n) is 2.84. The minimum Gasteiger partial charge on any atom is -0.390 e. The number of rotatable bonds is 5. The van der Waals surface area contributed by atoms with Crippen LogP contribution in [0, 0.1) is 0 Å². The third-order valence-electron chi connectivity index (χ3n) is 4.29. The number of para-hydroxylation sites is 1. The first kappa shape index (κ1) is 15.3. The Hall–Kier alpha value is -1.06. The summed E-state index contributed by atoms with van der Waals surface area (Å²) in [7, 11) is 0. The average Bonchev–Trinajstić information content (AvgIpc) is 2.45. The van der Waals surface area contributed by atoms with Gasteiger partial charge >= 0.3 is 0 Å². The van der Waals surface area contributed by atoms with E-state index in [9.17, 15) is 5.11 Å². The lowest BCUT2D eigenvalue weighted by molar-refractivity contribution is 0.0351. The number of hydrogen-bond acceptors (Lipinski definition) is 3. The minimum absolute atomic E-state index is 0.369. The molecule has 0 bridgehead atoms. The van der Waals surface area contributed by atoms with Crippen LogP contribution >= 0.6 is 0 Å². The van der Waals surface area contributed by atoms with Crippen LogP contribution < -0.4 is 10.2 Å². The lowest BCUT2D eigenvalue weighted by atomic mass is 9.92. The zero-order chi connectivity index (χ0) is 14.6. The van der Waals surface area contributed by atoms with Gasteiger partial charge in [0.1, 0.15) is 0 Å². The molecule has 1 saturated heterocycles. The topological polar surface area (TPSA) is 35.5 Å². The zero-order valence-corrected chi connectivity index (χ0v) is 13.0. The highest BCUT2D eigenvalue weighted by Gasteiger charge is 2.28. The smallest absolute Gasteiger partial charge is 0.0653 e. The summed E-state index contributed by atoms with van der Waals surface area (Å²) >= 11 is 0. The van der Waals surface area contributed by atoms with Gasteiger partial charge in [0, 0.05) is 24.8 Å². The Morgan fingerprint density at radius 2 is 1.95 bits per heavy atom. The van der Waals surface area contributed by atoms with Gasteiger partial charge in [-0.2, -0.15) is 0 Å². The van der Waals surface area contributed by atoms with Gasteiger partial charge in [-0.25, -0.2) is 0 Å². The van der Waals surface area contributed by atoms with Crippen molar-refractivity contribution in [2.45, 2.75) is 51.7 Å². The molecule has 0 amide bonds. The highest BCUT2D eigenvalue weighted by Crippen LogP contribution is 2.31. The highest BCUT2D eigenvalue weighted by atomic mass is 16.3. The SMILES string of the molecule is CCCNC(C)c1ccccc1N1CCC(C)(O)CC1. The molecule has 112 valence electrons. The van der Waals surface area contributed by atoms with E-state index in [4.69, 9.17) is 0 Å². The second kappa shape index (κ2) is 6.59. The van der Waals surface area contributed by atoms with Crippen molar-refractivity contribution in [3.05, 3.63) is 29.8 Å². The van der Waals surface area contributed by atoms with Crippen LogP contribution in [0.3, 0.4) is 0 Å². The lowest BCUT2D eigenvalue weighted by Crippen LogP contribution is -2.43. The molecular weight excluding hydrogens is 248 g/mol. The fraction of sp³-hybridized carbons (Fsp3) is 0.647. The van der Waals surface area contributed by atoms with Crippen molar-refractivity contribution < 1.29 is 5.11 Å². The van der Waals surface area contributed by atoms with E-state index >= 15 is 0 Å². The summed E-state index contributed by atoms with van der Waals surface area (Å²) in [5.74, 6) is 0. The maximum atomic E-state index is 10.1. The lowest BCUT2D eigenvalue weighted by Gasteiger charge is -2.38. The fourth-order valence-corrected chi connectivity index (χ4v) is 2.84. The summed E-state index contributed by atoms with van der Waals surface area (Å²) in [5, 5.41) is 13.7. The molecular formula is C17H28N2O. The molecule has 1 atom stereocenters. The number of benzene rings is 1. The monoisotopic (exact) mass is 276 g/mol. The van der Waals surface area contributed by atoms with Gasteiger partial charge in [-0.05, 0) is 51.3 Å². The molecule has 0 radical (unpaired) electrons. The van der Waals surface area contributed by atoms with E-state index in [1.54, 1.807) is 0 Å². The van der Waals surface area contributed by atoms with Crippen molar-refractivity contribution in [2.75, 3.05) is 24.5 Å². The minimum atomic E-state index is -0.489. The van der Waals surface area contributed by atoms with Crippen molar-refractivity contribution >= 4 is 5.69 Å². The van der Waals surface area contributed by atoms with E-state index in [1.807, 2.05) is 6.92 Å². The van der Waals surface area contributed by atoms with Gasteiger partial charge in [-0.3, -0.25) is 0 Å². The van der Waals surface area contributed by atoms with E-state index in [0.29, 0.717) is 6.04 Å². The van der Waals surface area contributed by atoms with E-state index in [-0.39, 0.29) is 0 Å². The zero-order valence-electron chi connectivity index (χ0n) is 13.0. The third kappa shape index (κ3) is 3.74. The van der Waals surface area contributed by atoms with Gasteiger partial charge in [0.25, 0.3) is 0 Å². The molecule has 3 nitrogen and oxygen atoms in total. The maximum Gasteiger partial charge on any atom is 0.0653 e. The van der Waals surface area contributed by atoms with Crippen LogP contribution in [0.4, 0.5) is 5.69 Å². The summed E-state index contributed by atoms with van der Waals surface area (Å²) in [6.45, 7) is 9.29. The molecule has 2 rings (SSSR count). The molecule has 0 aromatic heterocycles. The Morgan fingerprint density at radius 3 is 2.60 bits per heavy atom. The van der Waals surface area contributed by atoms with Crippen LogP contribution in [0.25, 0.3) is 0 Å².